The van der Waals surface area contributed by atoms with E-state index >= 15 is 0 Å². The summed E-state index contributed by atoms with van der Waals surface area (Å²) in [5.41, 5.74) is 2.65. The first-order valence-electron chi connectivity index (χ1n) is 8.25. The minimum atomic E-state index is -0.301. The molecule has 2 N–H and O–H groups in total. The van der Waals surface area contributed by atoms with Crippen LogP contribution in [0.1, 0.15) is 10.4 Å². The quantitative estimate of drug-likeness (QED) is 0.589. The van der Waals surface area contributed by atoms with Crippen molar-refractivity contribution in [1.29, 1.82) is 0 Å². The van der Waals surface area contributed by atoms with Gasteiger partial charge in [-0.25, -0.2) is 0 Å². The molecule has 26 heavy (non-hydrogen) atoms. The van der Waals surface area contributed by atoms with Gasteiger partial charge in [-0.15, -0.1) is 0 Å². The molecule has 1 aromatic heterocycles. The molecule has 5 nitrogen and oxygen atoms in total. The number of amides is 2. The summed E-state index contributed by atoms with van der Waals surface area (Å²) in [7, 11) is 0. The van der Waals surface area contributed by atoms with E-state index in [4.69, 9.17) is 4.42 Å². The zero-order chi connectivity index (χ0) is 17.9. The molecular weight excluding hydrogens is 328 g/mol. The summed E-state index contributed by atoms with van der Waals surface area (Å²) in [5.74, 6) is -0.585. The highest BCUT2D eigenvalue weighted by Gasteiger charge is 2.10. The molecule has 0 unspecified atom stereocenters. The Hall–Kier alpha value is -3.60. The summed E-state index contributed by atoms with van der Waals surface area (Å²) in [4.78, 5) is 24.1. The van der Waals surface area contributed by atoms with Gasteiger partial charge in [-0.05, 0) is 30.3 Å². The van der Waals surface area contributed by atoms with E-state index in [1.54, 1.807) is 30.3 Å². The van der Waals surface area contributed by atoms with Crippen LogP contribution in [0.5, 0.6) is 0 Å². The molecule has 0 aliphatic carbocycles. The van der Waals surface area contributed by atoms with Gasteiger partial charge in [0, 0.05) is 28.1 Å². The van der Waals surface area contributed by atoms with E-state index in [2.05, 4.69) is 10.6 Å². The molecule has 0 aliphatic rings. The number of hydrogen-bond acceptors (Lipinski definition) is 3. The third-order valence-corrected chi connectivity index (χ3v) is 4.11. The molecule has 0 atom stereocenters. The Bertz CT molecular complexity index is 1100. The Morgan fingerprint density at radius 1 is 0.808 bits per heavy atom. The topological polar surface area (TPSA) is 71.3 Å². The number of furan rings is 1. The second-order valence-electron chi connectivity index (χ2n) is 5.91. The summed E-state index contributed by atoms with van der Waals surface area (Å²) >= 11 is 0. The lowest BCUT2D eigenvalue weighted by atomic mass is 10.1. The molecule has 4 rings (SSSR count). The number of hydrogen-bond donors (Lipinski definition) is 2. The fourth-order valence-electron chi connectivity index (χ4n) is 2.86. The SMILES string of the molecule is O=C(CNC(=O)c1ccccc1)Nc1ccc2c(c1)oc1ccccc12. The number of anilines is 1. The second-order valence-corrected chi connectivity index (χ2v) is 5.91. The molecule has 0 saturated carbocycles. The molecule has 0 bridgehead atoms. The van der Waals surface area contributed by atoms with Crippen molar-refractivity contribution in [3.63, 3.8) is 0 Å². The first-order chi connectivity index (χ1) is 12.7. The lowest BCUT2D eigenvalue weighted by Crippen LogP contribution is -2.32. The molecule has 0 saturated heterocycles. The molecule has 1 heterocycles. The van der Waals surface area contributed by atoms with Gasteiger partial charge in [0.1, 0.15) is 11.2 Å². The van der Waals surface area contributed by atoms with Crippen molar-refractivity contribution >= 4 is 39.4 Å². The molecule has 4 aromatic rings. The van der Waals surface area contributed by atoms with Crippen molar-refractivity contribution in [2.45, 2.75) is 0 Å². The molecule has 0 spiro atoms. The van der Waals surface area contributed by atoms with E-state index < -0.39 is 0 Å². The van der Waals surface area contributed by atoms with Gasteiger partial charge in [0.2, 0.25) is 5.91 Å². The van der Waals surface area contributed by atoms with E-state index in [0.717, 1.165) is 16.4 Å². The van der Waals surface area contributed by atoms with Crippen molar-refractivity contribution < 1.29 is 14.0 Å². The maximum absolute atomic E-state index is 12.1. The van der Waals surface area contributed by atoms with Crippen LogP contribution >= 0.6 is 0 Å². The highest BCUT2D eigenvalue weighted by molar-refractivity contribution is 6.06. The van der Waals surface area contributed by atoms with Gasteiger partial charge >= 0.3 is 0 Å². The first-order valence-corrected chi connectivity index (χ1v) is 8.25. The lowest BCUT2D eigenvalue weighted by Gasteiger charge is -2.07. The Kier molecular flexibility index (Phi) is 4.11. The molecule has 3 aromatic carbocycles. The summed E-state index contributed by atoms with van der Waals surface area (Å²) in [6.07, 6.45) is 0. The molecule has 0 fully saturated rings. The Balaban J connectivity index is 1.44. The van der Waals surface area contributed by atoms with Crippen LogP contribution < -0.4 is 10.6 Å². The van der Waals surface area contributed by atoms with E-state index in [1.165, 1.54) is 0 Å². The van der Waals surface area contributed by atoms with Gasteiger partial charge < -0.3 is 15.1 Å². The number of carbonyl (C=O) groups is 2. The maximum Gasteiger partial charge on any atom is 0.251 e. The van der Waals surface area contributed by atoms with Crippen molar-refractivity contribution in [1.82, 2.24) is 5.32 Å². The number of para-hydroxylation sites is 1. The standard InChI is InChI=1S/C21H16N2O3/c24-20(13-22-21(25)14-6-2-1-3-7-14)23-15-10-11-17-16-8-4-5-9-18(16)26-19(17)12-15/h1-12H,13H2,(H,22,25)(H,23,24). The van der Waals surface area contributed by atoms with Gasteiger partial charge in [-0.3, -0.25) is 9.59 Å². The molecular formula is C21H16N2O3. The van der Waals surface area contributed by atoms with Crippen LogP contribution in [0.15, 0.2) is 77.2 Å². The van der Waals surface area contributed by atoms with E-state index in [0.29, 0.717) is 16.8 Å². The van der Waals surface area contributed by atoms with Gasteiger partial charge in [0.25, 0.3) is 5.91 Å². The second kappa shape index (κ2) is 6.72. The van der Waals surface area contributed by atoms with Crippen LogP contribution in [0.25, 0.3) is 21.9 Å². The third kappa shape index (κ3) is 3.15. The first kappa shape index (κ1) is 15.9. The summed E-state index contributed by atoms with van der Waals surface area (Å²) in [6, 6.07) is 22.1. The van der Waals surface area contributed by atoms with Crippen molar-refractivity contribution in [2.24, 2.45) is 0 Å². The van der Waals surface area contributed by atoms with Crippen molar-refractivity contribution in [3.05, 3.63) is 78.4 Å². The van der Waals surface area contributed by atoms with Crippen molar-refractivity contribution in [3.8, 4) is 0 Å². The van der Waals surface area contributed by atoms with Crippen LogP contribution in [0.3, 0.4) is 0 Å². The van der Waals surface area contributed by atoms with E-state index in [1.807, 2.05) is 42.5 Å². The van der Waals surface area contributed by atoms with Crippen molar-refractivity contribution in [2.75, 3.05) is 11.9 Å². The third-order valence-electron chi connectivity index (χ3n) is 4.11. The molecule has 0 radical (unpaired) electrons. The van der Waals surface area contributed by atoms with Gasteiger partial charge in [0.15, 0.2) is 0 Å². The summed E-state index contributed by atoms with van der Waals surface area (Å²) < 4.78 is 5.81. The fourth-order valence-corrected chi connectivity index (χ4v) is 2.86. The zero-order valence-corrected chi connectivity index (χ0v) is 13.9. The predicted molar refractivity (Wildman–Crippen MR) is 101 cm³/mol. The van der Waals surface area contributed by atoms with Crippen LogP contribution in [0.2, 0.25) is 0 Å². The average Bonchev–Trinajstić information content (AvgIpc) is 3.04. The molecule has 0 aliphatic heterocycles. The van der Waals surface area contributed by atoms with E-state index in [9.17, 15) is 9.59 Å². The highest BCUT2D eigenvalue weighted by Crippen LogP contribution is 2.30. The minimum Gasteiger partial charge on any atom is -0.456 e. The average molecular weight is 344 g/mol. The lowest BCUT2D eigenvalue weighted by molar-refractivity contribution is -0.115. The Morgan fingerprint density at radius 3 is 2.38 bits per heavy atom. The number of fused-ring (bicyclic) bond motifs is 3. The summed E-state index contributed by atoms with van der Waals surface area (Å²) in [5, 5.41) is 7.41. The number of carbonyl (C=O) groups excluding carboxylic acids is 2. The predicted octanol–water partition coefficient (Wildman–Crippen LogP) is 3.95. The van der Waals surface area contributed by atoms with Crippen LogP contribution in [-0.4, -0.2) is 18.4 Å². The zero-order valence-electron chi connectivity index (χ0n) is 13.9. The number of benzene rings is 3. The normalized spacial score (nSPS) is 10.8. The fraction of sp³-hybridized carbons (Fsp3) is 0.0476. The summed E-state index contributed by atoms with van der Waals surface area (Å²) in [6.45, 7) is -0.105. The van der Waals surface area contributed by atoms with E-state index in [-0.39, 0.29) is 18.4 Å². The van der Waals surface area contributed by atoms with Crippen LogP contribution in [0.4, 0.5) is 5.69 Å². The Morgan fingerprint density at radius 2 is 1.54 bits per heavy atom. The minimum absolute atomic E-state index is 0.105. The molecule has 2 amide bonds. The highest BCUT2D eigenvalue weighted by atomic mass is 16.3. The van der Waals surface area contributed by atoms with Gasteiger partial charge in [-0.1, -0.05) is 36.4 Å². The van der Waals surface area contributed by atoms with Crippen LogP contribution in [-0.2, 0) is 4.79 Å². The largest absolute Gasteiger partial charge is 0.456 e. The number of rotatable bonds is 4. The smallest absolute Gasteiger partial charge is 0.251 e. The van der Waals surface area contributed by atoms with Gasteiger partial charge in [0.05, 0.1) is 6.54 Å². The van der Waals surface area contributed by atoms with Gasteiger partial charge in [-0.2, -0.15) is 0 Å². The number of nitrogens with one attached hydrogen (secondary N) is 2. The monoisotopic (exact) mass is 344 g/mol. The molecule has 5 heteroatoms. The molecule has 128 valence electrons. The maximum atomic E-state index is 12.1. The Labute approximate surface area is 149 Å². The van der Waals surface area contributed by atoms with Crippen LogP contribution in [0, 0.1) is 0 Å².